The molecular formula is C17H21N3O. The maximum absolute atomic E-state index is 12.4. The molecule has 2 atom stereocenters. The van der Waals surface area contributed by atoms with Crippen LogP contribution in [0.25, 0.3) is 11.4 Å². The molecule has 2 aromatic rings. The molecule has 0 radical (unpaired) electrons. The summed E-state index contributed by atoms with van der Waals surface area (Å²) in [5.74, 6) is 1.64. The van der Waals surface area contributed by atoms with Crippen LogP contribution in [0.1, 0.15) is 32.6 Å². The molecule has 1 aromatic heterocycles. The Morgan fingerprint density at radius 2 is 2.00 bits per heavy atom. The Morgan fingerprint density at radius 3 is 2.67 bits per heavy atom. The second-order valence-electron chi connectivity index (χ2n) is 5.87. The molecule has 21 heavy (non-hydrogen) atoms. The molecule has 1 aliphatic carbocycles. The fraction of sp³-hybridized carbons (Fsp3) is 0.412. The second-order valence-corrected chi connectivity index (χ2v) is 5.87. The highest BCUT2D eigenvalue weighted by Crippen LogP contribution is 2.30. The summed E-state index contributed by atoms with van der Waals surface area (Å²) in [5.41, 5.74) is 1.87. The Kier molecular flexibility index (Phi) is 4.04. The van der Waals surface area contributed by atoms with Gasteiger partial charge in [0.05, 0.1) is 0 Å². The minimum Gasteiger partial charge on any atom is -0.345 e. The van der Waals surface area contributed by atoms with Crippen LogP contribution in [0.15, 0.2) is 36.7 Å². The van der Waals surface area contributed by atoms with Crippen LogP contribution in [-0.4, -0.2) is 15.9 Å². The van der Waals surface area contributed by atoms with Gasteiger partial charge in [-0.1, -0.05) is 19.8 Å². The van der Waals surface area contributed by atoms with Crippen LogP contribution in [0, 0.1) is 11.8 Å². The van der Waals surface area contributed by atoms with Crippen molar-refractivity contribution in [3.05, 3.63) is 36.7 Å². The normalized spacial score (nSPS) is 22.0. The molecule has 0 aliphatic heterocycles. The predicted octanol–water partition coefficient (Wildman–Crippen LogP) is 3.84. The van der Waals surface area contributed by atoms with Crippen molar-refractivity contribution in [3.8, 4) is 11.4 Å². The van der Waals surface area contributed by atoms with Crippen molar-refractivity contribution in [2.75, 3.05) is 5.32 Å². The quantitative estimate of drug-likeness (QED) is 0.899. The van der Waals surface area contributed by atoms with Crippen molar-refractivity contribution in [2.45, 2.75) is 32.6 Å². The fourth-order valence-electron chi connectivity index (χ4n) is 3.08. The van der Waals surface area contributed by atoms with Gasteiger partial charge in [0, 0.05) is 29.6 Å². The van der Waals surface area contributed by atoms with Crippen LogP contribution < -0.4 is 5.32 Å². The Labute approximate surface area is 125 Å². The van der Waals surface area contributed by atoms with E-state index in [0.29, 0.717) is 5.92 Å². The van der Waals surface area contributed by atoms with E-state index in [0.717, 1.165) is 29.9 Å². The van der Waals surface area contributed by atoms with E-state index in [1.807, 2.05) is 24.3 Å². The van der Waals surface area contributed by atoms with Crippen molar-refractivity contribution in [1.82, 2.24) is 9.97 Å². The Bertz CT molecular complexity index is 589. The molecule has 1 heterocycles. The first-order valence-electron chi connectivity index (χ1n) is 7.65. The highest BCUT2D eigenvalue weighted by Gasteiger charge is 2.27. The Hall–Kier alpha value is -2.10. The molecule has 1 amide bonds. The number of anilines is 1. The zero-order valence-corrected chi connectivity index (χ0v) is 12.3. The van der Waals surface area contributed by atoms with Gasteiger partial charge in [-0.25, -0.2) is 4.98 Å². The maximum Gasteiger partial charge on any atom is 0.227 e. The van der Waals surface area contributed by atoms with Gasteiger partial charge in [0.2, 0.25) is 5.91 Å². The standard InChI is InChI=1S/C17H21N3O/c1-12-4-2-3-5-15(12)17(21)20-14-8-6-13(7-9-14)16-18-10-11-19-16/h6-12,15H,2-5H2,1H3,(H,18,19)(H,20,21). The van der Waals surface area contributed by atoms with E-state index >= 15 is 0 Å². The molecule has 1 aromatic carbocycles. The summed E-state index contributed by atoms with van der Waals surface area (Å²) in [6.07, 6.45) is 8.13. The van der Waals surface area contributed by atoms with Crippen LogP contribution >= 0.6 is 0 Å². The third kappa shape index (κ3) is 3.15. The van der Waals surface area contributed by atoms with Gasteiger partial charge < -0.3 is 10.3 Å². The topological polar surface area (TPSA) is 57.8 Å². The van der Waals surface area contributed by atoms with E-state index in [1.165, 1.54) is 12.8 Å². The van der Waals surface area contributed by atoms with E-state index < -0.39 is 0 Å². The molecule has 4 nitrogen and oxygen atoms in total. The number of aromatic amines is 1. The molecule has 4 heteroatoms. The molecule has 110 valence electrons. The summed E-state index contributed by atoms with van der Waals surface area (Å²) in [6.45, 7) is 2.18. The number of rotatable bonds is 3. The van der Waals surface area contributed by atoms with Gasteiger partial charge in [-0.2, -0.15) is 0 Å². The highest BCUT2D eigenvalue weighted by atomic mass is 16.1. The first-order valence-corrected chi connectivity index (χ1v) is 7.65. The van der Waals surface area contributed by atoms with Gasteiger partial charge in [-0.15, -0.1) is 0 Å². The number of aromatic nitrogens is 2. The zero-order chi connectivity index (χ0) is 14.7. The molecule has 3 rings (SSSR count). The van der Waals surface area contributed by atoms with Crippen molar-refractivity contribution < 1.29 is 4.79 Å². The largest absolute Gasteiger partial charge is 0.345 e. The lowest BCUT2D eigenvalue weighted by Crippen LogP contribution is -2.30. The lowest BCUT2D eigenvalue weighted by molar-refractivity contribution is -0.122. The number of hydrogen-bond acceptors (Lipinski definition) is 2. The number of nitrogens with one attached hydrogen (secondary N) is 2. The smallest absolute Gasteiger partial charge is 0.227 e. The van der Waals surface area contributed by atoms with E-state index in [2.05, 4.69) is 22.2 Å². The summed E-state index contributed by atoms with van der Waals surface area (Å²) in [5, 5.41) is 3.05. The van der Waals surface area contributed by atoms with Gasteiger partial charge in [-0.3, -0.25) is 4.79 Å². The first-order chi connectivity index (χ1) is 10.2. The van der Waals surface area contributed by atoms with Gasteiger partial charge in [0.15, 0.2) is 0 Å². The number of imidazole rings is 1. The lowest BCUT2D eigenvalue weighted by atomic mass is 9.80. The third-order valence-corrected chi connectivity index (χ3v) is 4.37. The van der Waals surface area contributed by atoms with E-state index in [4.69, 9.17) is 0 Å². The van der Waals surface area contributed by atoms with E-state index in [-0.39, 0.29) is 11.8 Å². The van der Waals surface area contributed by atoms with Crippen LogP contribution in [0.5, 0.6) is 0 Å². The Morgan fingerprint density at radius 1 is 1.24 bits per heavy atom. The van der Waals surface area contributed by atoms with Crippen molar-refractivity contribution in [1.29, 1.82) is 0 Å². The number of amides is 1. The summed E-state index contributed by atoms with van der Waals surface area (Å²) < 4.78 is 0. The summed E-state index contributed by atoms with van der Waals surface area (Å²) in [4.78, 5) is 19.7. The molecule has 2 N–H and O–H groups in total. The van der Waals surface area contributed by atoms with Crippen LogP contribution in [0.4, 0.5) is 5.69 Å². The maximum atomic E-state index is 12.4. The summed E-state index contributed by atoms with van der Waals surface area (Å²) in [7, 11) is 0. The van der Waals surface area contributed by atoms with Gasteiger partial charge >= 0.3 is 0 Å². The molecule has 1 aliphatic rings. The number of nitrogens with zero attached hydrogens (tertiary/aromatic N) is 1. The SMILES string of the molecule is CC1CCCCC1C(=O)Nc1ccc(-c2ncc[nH]2)cc1. The molecule has 0 saturated heterocycles. The number of carbonyl (C=O) groups is 1. The molecule has 1 saturated carbocycles. The van der Waals surface area contributed by atoms with Gasteiger partial charge in [0.25, 0.3) is 0 Å². The van der Waals surface area contributed by atoms with Crippen molar-refractivity contribution >= 4 is 11.6 Å². The zero-order valence-electron chi connectivity index (χ0n) is 12.3. The van der Waals surface area contributed by atoms with Crippen LogP contribution in [0.2, 0.25) is 0 Å². The number of benzene rings is 1. The van der Waals surface area contributed by atoms with Crippen LogP contribution in [0.3, 0.4) is 0 Å². The second kappa shape index (κ2) is 6.12. The molecule has 2 unspecified atom stereocenters. The molecule has 0 spiro atoms. The minimum atomic E-state index is 0.156. The number of H-pyrrole nitrogens is 1. The minimum absolute atomic E-state index is 0.156. The average Bonchev–Trinajstić information content (AvgIpc) is 3.02. The predicted molar refractivity (Wildman–Crippen MR) is 83.8 cm³/mol. The number of carbonyl (C=O) groups excluding carboxylic acids is 1. The monoisotopic (exact) mass is 283 g/mol. The highest BCUT2D eigenvalue weighted by molar-refractivity contribution is 5.93. The van der Waals surface area contributed by atoms with Gasteiger partial charge in [0.1, 0.15) is 5.82 Å². The molecule has 1 fully saturated rings. The van der Waals surface area contributed by atoms with Gasteiger partial charge in [-0.05, 0) is 43.0 Å². The third-order valence-electron chi connectivity index (χ3n) is 4.37. The van der Waals surface area contributed by atoms with E-state index in [9.17, 15) is 4.79 Å². The molecular weight excluding hydrogens is 262 g/mol. The van der Waals surface area contributed by atoms with Crippen molar-refractivity contribution in [2.24, 2.45) is 11.8 Å². The summed E-state index contributed by atoms with van der Waals surface area (Å²) in [6, 6.07) is 7.81. The Balaban J connectivity index is 1.66. The lowest BCUT2D eigenvalue weighted by Gasteiger charge is -2.27. The summed E-state index contributed by atoms with van der Waals surface area (Å²) >= 11 is 0. The van der Waals surface area contributed by atoms with Crippen LogP contribution in [-0.2, 0) is 4.79 Å². The molecule has 0 bridgehead atoms. The average molecular weight is 283 g/mol. The number of hydrogen-bond donors (Lipinski definition) is 2. The van der Waals surface area contributed by atoms with E-state index in [1.54, 1.807) is 12.4 Å². The van der Waals surface area contributed by atoms with Crippen molar-refractivity contribution in [3.63, 3.8) is 0 Å². The first kappa shape index (κ1) is 13.9. The fourth-order valence-corrected chi connectivity index (χ4v) is 3.08.